The van der Waals surface area contributed by atoms with E-state index < -0.39 is 5.97 Å². The van der Waals surface area contributed by atoms with E-state index >= 15 is 0 Å². The molecular formula is C13H28O2Ti. The Bertz CT molecular complexity index is 86.0. The molecule has 0 aromatic heterocycles. The molecule has 96 valence electrons. The van der Waals surface area contributed by atoms with E-state index in [1.54, 1.807) is 20.8 Å². The van der Waals surface area contributed by atoms with Crippen LogP contribution in [0.4, 0.5) is 0 Å². The van der Waals surface area contributed by atoms with Crippen molar-refractivity contribution in [3.63, 3.8) is 0 Å². The zero-order valence-electron chi connectivity index (χ0n) is 11.4. The number of hydrogen-bond donors (Lipinski definition) is 1. The molecule has 0 spiro atoms. The SMILES string of the molecule is CCCCC[CH-]C(=O)O.[CH2-]C.[CH2-]C.[CH2-]C.[Ti+4]. The number of carboxylic acid groups (broad SMARTS) is 1. The Morgan fingerprint density at radius 3 is 1.69 bits per heavy atom. The van der Waals surface area contributed by atoms with Crippen LogP contribution in [0.2, 0.25) is 0 Å². The number of carboxylic acids is 1. The second-order valence-electron chi connectivity index (χ2n) is 2.04. The van der Waals surface area contributed by atoms with E-state index in [9.17, 15) is 4.79 Å². The summed E-state index contributed by atoms with van der Waals surface area (Å²) in [6.45, 7) is 17.1. The maximum Gasteiger partial charge on any atom is 4.00 e. The van der Waals surface area contributed by atoms with Crippen molar-refractivity contribution in [2.45, 2.75) is 53.4 Å². The summed E-state index contributed by atoms with van der Waals surface area (Å²) >= 11 is 0. The van der Waals surface area contributed by atoms with E-state index in [0.717, 1.165) is 19.3 Å². The minimum absolute atomic E-state index is 0. The molecule has 0 aliphatic rings. The minimum Gasteiger partial charge on any atom is -0.503 e. The molecule has 0 saturated carbocycles. The molecule has 0 fully saturated rings. The van der Waals surface area contributed by atoms with Crippen LogP contribution in [0.15, 0.2) is 0 Å². The van der Waals surface area contributed by atoms with Gasteiger partial charge in [0.25, 0.3) is 0 Å². The van der Waals surface area contributed by atoms with E-state index in [1.165, 1.54) is 6.42 Å². The molecule has 0 unspecified atom stereocenters. The number of aliphatic carboxylic acids is 1. The largest absolute Gasteiger partial charge is 4.00 e. The predicted molar refractivity (Wildman–Crippen MR) is 69.2 cm³/mol. The first-order valence-corrected chi connectivity index (χ1v) is 5.45. The van der Waals surface area contributed by atoms with E-state index in [-0.39, 0.29) is 21.7 Å². The zero-order chi connectivity index (χ0) is 13.1. The molecule has 0 aromatic carbocycles. The van der Waals surface area contributed by atoms with Crippen molar-refractivity contribution in [1.29, 1.82) is 0 Å². The van der Waals surface area contributed by atoms with Crippen molar-refractivity contribution in [2.75, 3.05) is 0 Å². The molecule has 2 nitrogen and oxygen atoms in total. The molecule has 0 rings (SSSR count). The Hall–Kier alpha value is 0.0543. The van der Waals surface area contributed by atoms with Crippen LogP contribution in [0.3, 0.4) is 0 Å². The number of carbonyl (C=O) groups is 1. The van der Waals surface area contributed by atoms with E-state index in [0.29, 0.717) is 6.42 Å². The molecule has 1 N–H and O–H groups in total. The molecule has 0 saturated heterocycles. The average Bonchev–Trinajstić information content (AvgIpc) is 2.32. The minimum atomic E-state index is -0.800. The topological polar surface area (TPSA) is 37.3 Å². The number of unbranched alkanes of at least 4 members (excludes halogenated alkanes) is 3. The Morgan fingerprint density at radius 2 is 1.44 bits per heavy atom. The molecule has 0 aliphatic carbocycles. The summed E-state index contributed by atoms with van der Waals surface area (Å²) in [4.78, 5) is 9.91. The third kappa shape index (κ3) is 65.3. The van der Waals surface area contributed by atoms with Crippen molar-refractivity contribution in [3.05, 3.63) is 27.2 Å². The monoisotopic (exact) mass is 264 g/mol. The van der Waals surface area contributed by atoms with Gasteiger partial charge >= 0.3 is 21.7 Å². The van der Waals surface area contributed by atoms with Gasteiger partial charge in [0.2, 0.25) is 0 Å². The van der Waals surface area contributed by atoms with Crippen LogP contribution in [-0.4, -0.2) is 11.1 Å². The van der Waals surface area contributed by atoms with E-state index in [4.69, 9.17) is 5.11 Å². The van der Waals surface area contributed by atoms with Crippen LogP contribution in [0.1, 0.15) is 53.4 Å². The molecule has 0 bridgehead atoms. The smallest absolute Gasteiger partial charge is 0.503 e. The summed E-state index contributed by atoms with van der Waals surface area (Å²) in [6.07, 6.45) is 5.30. The third-order valence-corrected chi connectivity index (χ3v) is 1.13. The van der Waals surface area contributed by atoms with Crippen molar-refractivity contribution in [3.8, 4) is 0 Å². The van der Waals surface area contributed by atoms with Gasteiger partial charge in [-0.3, -0.25) is 11.2 Å². The van der Waals surface area contributed by atoms with Crippen LogP contribution in [0, 0.1) is 27.2 Å². The zero-order valence-corrected chi connectivity index (χ0v) is 12.9. The Labute approximate surface area is 118 Å². The fourth-order valence-electron chi connectivity index (χ4n) is 0.620. The Kier molecular flexibility index (Phi) is 85.3. The van der Waals surface area contributed by atoms with Gasteiger partial charge in [-0.2, -0.15) is 27.2 Å². The summed E-state index contributed by atoms with van der Waals surface area (Å²) in [7, 11) is 0. The standard InChI is InChI=1S/C7H13O2.3C2H5.Ti/c1-2-3-4-5-6-7(8)9;3*1-2;/h6H,2-5H2,1H3,(H,8,9);3*1H2,2H3;/q4*-1;+4. The first-order valence-electron chi connectivity index (χ1n) is 5.45. The van der Waals surface area contributed by atoms with Crippen molar-refractivity contribution < 1.29 is 31.6 Å². The normalized spacial score (nSPS) is 6.19. The molecule has 16 heavy (non-hydrogen) atoms. The molecule has 0 aliphatic heterocycles. The molecule has 0 radical (unpaired) electrons. The van der Waals surface area contributed by atoms with E-state index in [1.807, 2.05) is 0 Å². The first-order chi connectivity index (χ1) is 7.27. The van der Waals surface area contributed by atoms with Gasteiger partial charge in [0.15, 0.2) is 5.97 Å². The van der Waals surface area contributed by atoms with Crippen molar-refractivity contribution >= 4 is 5.97 Å². The maximum atomic E-state index is 9.91. The van der Waals surface area contributed by atoms with Crippen LogP contribution < -0.4 is 0 Å². The van der Waals surface area contributed by atoms with Crippen LogP contribution >= 0.6 is 0 Å². The van der Waals surface area contributed by atoms with Crippen molar-refractivity contribution in [2.24, 2.45) is 0 Å². The molecule has 0 aromatic rings. The average molecular weight is 264 g/mol. The van der Waals surface area contributed by atoms with Crippen LogP contribution in [-0.2, 0) is 26.5 Å². The third-order valence-electron chi connectivity index (χ3n) is 1.13. The second-order valence-corrected chi connectivity index (χ2v) is 2.04. The summed E-state index contributed by atoms with van der Waals surface area (Å²) < 4.78 is 0. The van der Waals surface area contributed by atoms with Crippen LogP contribution in [0.25, 0.3) is 0 Å². The molecule has 0 heterocycles. The summed E-state index contributed by atoms with van der Waals surface area (Å²) in [6, 6.07) is 0. The summed E-state index contributed by atoms with van der Waals surface area (Å²) in [5, 5.41) is 8.16. The fourth-order valence-corrected chi connectivity index (χ4v) is 0.620. The number of hydrogen-bond acceptors (Lipinski definition) is 1. The van der Waals surface area contributed by atoms with Gasteiger partial charge in [0, 0.05) is 0 Å². The van der Waals surface area contributed by atoms with Gasteiger partial charge in [0.05, 0.1) is 0 Å². The summed E-state index contributed by atoms with van der Waals surface area (Å²) in [5.41, 5.74) is 0. The molecule has 0 amide bonds. The first kappa shape index (κ1) is 29.8. The van der Waals surface area contributed by atoms with Gasteiger partial charge in [0.1, 0.15) is 0 Å². The predicted octanol–water partition coefficient (Wildman–Crippen LogP) is 4.37. The Balaban J connectivity index is -0.0000000498. The second kappa shape index (κ2) is 45.8. The van der Waals surface area contributed by atoms with Gasteiger partial charge in [-0.1, -0.05) is 26.2 Å². The van der Waals surface area contributed by atoms with Crippen molar-refractivity contribution in [1.82, 2.24) is 0 Å². The van der Waals surface area contributed by atoms with Gasteiger partial charge < -0.3 is 25.9 Å². The van der Waals surface area contributed by atoms with Crippen LogP contribution in [0.5, 0.6) is 0 Å². The maximum absolute atomic E-state index is 9.91. The van der Waals surface area contributed by atoms with Gasteiger partial charge in [-0.05, 0) is 0 Å². The molecule has 3 heteroatoms. The van der Waals surface area contributed by atoms with E-state index in [2.05, 4.69) is 27.7 Å². The Morgan fingerprint density at radius 1 is 1.06 bits per heavy atom. The van der Waals surface area contributed by atoms with Gasteiger partial charge in [-0.15, -0.1) is 0 Å². The fraction of sp³-hybridized carbons (Fsp3) is 0.615. The quantitative estimate of drug-likeness (QED) is 0.454. The summed E-state index contributed by atoms with van der Waals surface area (Å²) in [5.74, 6) is -0.800. The van der Waals surface area contributed by atoms with Gasteiger partial charge in [-0.25, -0.2) is 0 Å². The number of rotatable bonds is 5. The molecular weight excluding hydrogens is 236 g/mol. The molecule has 0 atom stereocenters.